The second-order valence-corrected chi connectivity index (χ2v) is 4.63. The summed E-state index contributed by atoms with van der Waals surface area (Å²) in [6.45, 7) is 1.58. The highest BCUT2D eigenvalue weighted by Crippen LogP contribution is 2.20. The van der Waals surface area contributed by atoms with Crippen LogP contribution in [-0.2, 0) is 6.54 Å². The summed E-state index contributed by atoms with van der Waals surface area (Å²) in [5.74, 6) is 0. The van der Waals surface area contributed by atoms with Crippen LogP contribution in [0.25, 0.3) is 0 Å². The Morgan fingerprint density at radius 1 is 1.22 bits per heavy atom. The lowest BCUT2D eigenvalue weighted by Gasteiger charge is -2.25. The van der Waals surface area contributed by atoms with Crippen LogP contribution in [0.15, 0.2) is 30.3 Å². The van der Waals surface area contributed by atoms with E-state index in [4.69, 9.17) is 0 Å². The van der Waals surface area contributed by atoms with Crippen molar-refractivity contribution in [2.45, 2.75) is 31.7 Å². The lowest BCUT2D eigenvalue weighted by atomic mass is 10.2. The molecule has 5 heteroatoms. The van der Waals surface area contributed by atoms with Crippen LogP contribution < -0.4 is 5.32 Å². The van der Waals surface area contributed by atoms with Crippen molar-refractivity contribution in [1.29, 1.82) is 0 Å². The van der Waals surface area contributed by atoms with E-state index in [1.54, 1.807) is 5.32 Å². The van der Waals surface area contributed by atoms with E-state index in [1.807, 2.05) is 30.3 Å². The number of hydrogen-bond donors (Lipinski definition) is 1. The maximum absolute atomic E-state index is 12.1. The van der Waals surface area contributed by atoms with Gasteiger partial charge in [-0.1, -0.05) is 30.3 Å². The number of nitrogens with zero attached hydrogens (tertiary/aromatic N) is 1. The van der Waals surface area contributed by atoms with Crippen molar-refractivity contribution in [3.63, 3.8) is 0 Å². The maximum Gasteiger partial charge on any atom is 0.457 e. The van der Waals surface area contributed by atoms with Crippen LogP contribution in [0, 0.1) is 0 Å². The predicted molar refractivity (Wildman–Crippen MR) is 63.9 cm³/mol. The largest absolute Gasteiger partial charge is 0.457 e. The Bertz CT molecular complexity index is 364. The van der Waals surface area contributed by atoms with Crippen LogP contribution in [0.4, 0.5) is 13.2 Å². The summed E-state index contributed by atoms with van der Waals surface area (Å²) in [7, 11) is 0. The topological polar surface area (TPSA) is 15.3 Å². The van der Waals surface area contributed by atoms with Gasteiger partial charge in [-0.3, -0.25) is 4.90 Å². The van der Waals surface area contributed by atoms with Crippen molar-refractivity contribution >= 4 is 0 Å². The number of rotatable bonds is 4. The van der Waals surface area contributed by atoms with E-state index in [2.05, 4.69) is 4.90 Å². The highest BCUT2D eigenvalue weighted by atomic mass is 19.4. The monoisotopic (exact) mass is 258 g/mol. The summed E-state index contributed by atoms with van der Waals surface area (Å²) in [4.78, 5) is 2.12. The van der Waals surface area contributed by atoms with Crippen LogP contribution >= 0.6 is 0 Å². The van der Waals surface area contributed by atoms with Crippen molar-refractivity contribution in [3.8, 4) is 0 Å². The standard InChI is InChI=1S/C13H17F3N2/c14-13(15,16)17-9-12-7-4-8-18(12)10-11-5-2-1-3-6-11/h1-3,5-6,12,17H,4,7-10H2/t12-/m1/s1. The smallest absolute Gasteiger partial charge is 0.295 e. The summed E-state index contributed by atoms with van der Waals surface area (Å²) >= 11 is 0. The van der Waals surface area contributed by atoms with Crippen molar-refractivity contribution in [1.82, 2.24) is 10.2 Å². The minimum atomic E-state index is -4.28. The minimum absolute atomic E-state index is 0.0175. The van der Waals surface area contributed by atoms with Gasteiger partial charge in [0.05, 0.1) is 0 Å². The Kier molecular flexibility index (Phi) is 4.24. The first-order chi connectivity index (χ1) is 8.54. The van der Waals surface area contributed by atoms with Crippen molar-refractivity contribution < 1.29 is 13.2 Å². The molecular weight excluding hydrogens is 241 g/mol. The number of benzene rings is 1. The first kappa shape index (κ1) is 13.4. The van der Waals surface area contributed by atoms with Gasteiger partial charge in [0, 0.05) is 19.1 Å². The van der Waals surface area contributed by atoms with Crippen molar-refractivity contribution in [3.05, 3.63) is 35.9 Å². The average molecular weight is 258 g/mol. The van der Waals surface area contributed by atoms with E-state index >= 15 is 0 Å². The molecule has 0 amide bonds. The van der Waals surface area contributed by atoms with Gasteiger partial charge in [0.25, 0.3) is 0 Å². The molecular formula is C13H17F3N2. The molecule has 1 aliphatic rings. The number of alkyl halides is 3. The quantitative estimate of drug-likeness (QED) is 0.835. The molecule has 1 saturated heterocycles. The molecule has 1 aromatic rings. The summed E-state index contributed by atoms with van der Waals surface area (Å²) in [5.41, 5.74) is 1.15. The van der Waals surface area contributed by atoms with E-state index in [-0.39, 0.29) is 12.6 Å². The van der Waals surface area contributed by atoms with Crippen LogP contribution in [0.2, 0.25) is 0 Å². The summed E-state index contributed by atoms with van der Waals surface area (Å²) in [6.07, 6.45) is -2.48. The molecule has 1 heterocycles. The lowest BCUT2D eigenvalue weighted by molar-refractivity contribution is -0.158. The Balaban J connectivity index is 1.88. The van der Waals surface area contributed by atoms with E-state index < -0.39 is 6.30 Å². The van der Waals surface area contributed by atoms with E-state index in [9.17, 15) is 13.2 Å². The molecule has 0 aliphatic carbocycles. The van der Waals surface area contributed by atoms with Gasteiger partial charge in [-0.15, -0.1) is 0 Å². The Morgan fingerprint density at radius 2 is 1.94 bits per heavy atom. The molecule has 0 unspecified atom stereocenters. The first-order valence-electron chi connectivity index (χ1n) is 6.14. The zero-order valence-electron chi connectivity index (χ0n) is 10.1. The van der Waals surface area contributed by atoms with Crippen molar-refractivity contribution in [2.75, 3.05) is 13.1 Å². The second-order valence-electron chi connectivity index (χ2n) is 4.63. The average Bonchev–Trinajstić information content (AvgIpc) is 2.74. The first-order valence-corrected chi connectivity index (χ1v) is 6.14. The molecule has 0 aromatic heterocycles. The zero-order chi connectivity index (χ0) is 13.0. The van der Waals surface area contributed by atoms with Gasteiger partial charge in [-0.05, 0) is 24.9 Å². The highest BCUT2D eigenvalue weighted by molar-refractivity contribution is 5.14. The molecule has 0 saturated carbocycles. The molecule has 1 aromatic carbocycles. The maximum atomic E-state index is 12.1. The number of nitrogens with one attached hydrogen (secondary N) is 1. The molecule has 1 atom stereocenters. The van der Waals surface area contributed by atoms with Crippen LogP contribution in [-0.4, -0.2) is 30.3 Å². The van der Waals surface area contributed by atoms with E-state index in [0.29, 0.717) is 0 Å². The molecule has 0 spiro atoms. The SMILES string of the molecule is FC(F)(F)NC[C@H]1CCCN1Cc1ccccc1. The van der Waals surface area contributed by atoms with E-state index in [1.165, 1.54) is 0 Å². The molecule has 2 rings (SSSR count). The van der Waals surface area contributed by atoms with Gasteiger partial charge >= 0.3 is 6.30 Å². The molecule has 100 valence electrons. The van der Waals surface area contributed by atoms with Gasteiger partial charge in [-0.25, -0.2) is 5.32 Å². The fourth-order valence-corrected chi connectivity index (χ4v) is 2.39. The Hall–Kier alpha value is -1.07. The summed E-state index contributed by atoms with van der Waals surface area (Å²) in [5, 5.41) is 1.64. The molecule has 1 fully saturated rings. The van der Waals surface area contributed by atoms with E-state index in [0.717, 1.165) is 31.5 Å². The third-order valence-corrected chi connectivity index (χ3v) is 3.27. The summed E-state index contributed by atoms with van der Waals surface area (Å²) in [6, 6.07) is 9.84. The fourth-order valence-electron chi connectivity index (χ4n) is 2.39. The van der Waals surface area contributed by atoms with Crippen LogP contribution in [0.5, 0.6) is 0 Å². The number of hydrogen-bond acceptors (Lipinski definition) is 2. The number of halogens is 3. The van der Waals surface area contributed by atoms with Crippen LogP contribution in [0.3, 0.4) is 0 Å². The van der Waals surface area contributed by atoms with Gasteiger partial charge in [0.1, 0.15) is 0 Å². The lowest BCUT2D eigenvalue weighted by Crippen LogP contribution is -2.43. The molecule has 1 N–H and O–H groups in total. The Morgan fingerprint density at radius 3 is 2.61 bits per heavy atom. The minimum Gasteiger partial charge on any atom is -0.295 e. The van der Waals surface area contributed by atoms with Crippen molar-refractivity contribution in [2.24, 2.45) is 0 Å². The summed E-state index contributed by atoms with van der Waals surface area (Å²) < 4.78 is 36.4. The zero-order valence-corrected chi connectivity index (χ0v) is 10.1. The third kappa shape index (κ3) is 3.99. The third-order valence-electron chi connectivity index (χ3n) is 3.27. The molecule has 0 radical (unpaired) electrons. The Labute approximate surface area is 105 Å². The van der Waals surface area contributed by atoms with Gasteiger partial charge < -0.3 is 0 Å². The van der Waals surface area contributed by atoms with Gasteiger partial charge in [0.15, 0.2) is 0 Å². The normalized spacial score (nSPS) is 21.4. The number of likely N-dealkylation sites (tertiary alicyclic amines) is 1. The van der Waals surface area contributed by atoms with Crippen LogP contribution in [0.1, 0.15) is 18.4 Å². The molecule has 18 heavy (non-hydrogen) atoms. The molecule has 2 nitrogen and oxygen atoms in total. The highest BCUT2D eigenvalue weighted by Gasteiger charge is 2.31. The molecule has 1 aliphatic heterocycles. The van der Waals surface area contributed by atoms with Gasteiger partial charge in [0.2, 0.25) is 0 Å². The van der Waals surface area contributed by atoms with Gasteiger partial charge in [-0.2, -0.15) is 13.2 Å². The fraction of sp³-hybridized carbons (Fsp3) is 0.538. The predicted octanol–water partition coefficient (Wildman–Crippen LogP) is 2.76. The second kappa shape index (κ2) is 5.71. The molecule has 0 bridgehead atoms.